The van der Waals surface area contributed by atoms with Crippen molar-refractivity contribution in [1.29, 1.82) is 0 Å². The highest BCUT2D eigenvalue weighted by Gasteiger charge is 2.14. The molecule has 0 saturated carbocycles. The quantitative estimate of drug-likeness (QED) is 0.226. The number of thioether (sulfide) groups is 1. The number of hydrogen-bond donors (Lipinski definition) is 1. The van der Waals surface area contributed by atoms with E-state index in [1.54, 1.807) is 22.8 Å². The van der Waals surface area contributed by atoms with Crippen LogP contribution in [0.3, 0.4) is 0 Å². The summed E-state index contributed by atoms with van der Waals surface area (Å²) >= 11 is 13.4. The molecule has 5 rings (SSSR count). The molecule has 0 aliphatic heterocycles. The van der Waals surface area contributed by atoms with Gasteiger partial charge in [0.05, 0.1) is 10.8 Å². The molecule has 2 heterocycles. The number of anilines is 1. The average molecular weight is 540 g/mol. The number of amides is 1. The van der Waals surface area contributed by atoms with Crippen molar-refractivity contribution in [2.45, 2.75) is 25.2 Å². The van der Waals surface area contributed by atoms with Crippen molar-refractivity contribution < 1.29 is 9.53 Å². The molecule has 3 aromatic carbocycles. The van der Waals surface area contributed by atoms with Crippen LogP contribution in [-0.2, 0) is 25.0 Å². The molecule has 184 valence electrons. The van der Waals surface area contributed by atoms with Crippen molar-refractivity contribution in [3.63, 3.8) is 0 Å². The number of rotatable bonds is 8. The first-order chi connectivity index (χ1) is 17.4. The highest BCUT2D eigenvalue weighted by atomic mass is 35.5. The van der Waals surface area contributed by atoms with E-state index in [0.29, 0.717) is 26.8 Å². The molecule has 7 nitrogen and oxygen atoms in total. The van der Waals surface area contributed by atoms with E-state index in [2.05, 4.69) is 45.2 Å². The number of carbonyl (C=O) groups excluding carboxylic acids is 1. The summed E-state index contributed by atoms with van der Waals surface area (Å²) in [5.41, 5.74) is 3.10. The summed E-state index contributed by atoms with van der Waals surface area (Å²) in [6, 6.07) is 19.4. The van der Waals surface area contributed by atoms with Crippen LogP contribution in [0.4, 0.5) is 5.69 Å². The summed E-state index contributed by atoms with van der Waals surface area (Å²) in [6.07, 6.45) is 0. The Hall–Kier alpha value is -3.20. The predicted octanol–water partition coefficient (Wildman–Crippen LogP) is 6.56. The summed E-state index contributed by atoms with van der Waals surface area (Å²) in [4.78, 5) is 12.7. The van der Waals surface area contributed by atoms with Gasteiger partial charge in [-0.2, -0.15) is 0 Å². The van der Waals surface area contributed by atoms with E-state index < -0.39 is 0 Å². The molecule has 1 N–H and O–H groups in total. The first-order valence-corrected chi connectivity index (χ1v) is 13.1. The Morgan fingerprint density at radius 1 is 1.03 bits per heavy atom. The van der Waals surface area contributed by atoms with Gasteiger partial charge in [-0.25, -0.2) is 0 Å². The fourth-order valence-electron chi connectivity index (χ4n) is 4.13. The standard InChI is InChI=1S/C26H23Cl2N5O2S/c1-3-33-21-7-5-4-6-18(21)19-13-17(9-10-22(19)33)29-25(34)15-36-26-31-30-24(32(26)2)14-35-23-11-8-16(27)12-20(23)28/h4-13H,3,14-15H2,1-2H3,(H,29,34). The number of nitrogens with zero attached hydrogens (tertiary/aromatic N) is 4. The van der Waals surface area contributed by atoms with Crippen molar-refractivity contribution in [2.75, 3.05) is 11.1 Å². The number of halogens is 2. The van der Waals surface area contributed by atoms with Gasteiger partial charge in [-0.3, -0.25) is 4.79 Å². The Bertz CT molecular complexity index is 1580. The number of hydrogen-bond acceptors (Lipinski definition) is 5. The topological polar surface area (TPSA) is 74.0 Å². The molecule has 0 fully saturated rings. The molecule has 0 aliphatic carbocycles. The summed E-state index contributed by atoms with van der Waals surface area (Å²) in [5, 5.41) is 15.2. The van der Waals surface area contributed by atoms with Crippen LogP contribution in [-0.4, -0.2) is 31.0 Å². The summed E-state index contributed by atoms with van der Waals surface area (Å²) in [6.45, 7) is 3.20. The Kier molecular flexibility index (Phi) is 7.09. The van der Waals surface area contributed by atoms with E-state index in [1.165, 1.54) is 22.7 Å². The van der Waals surface area contributed by atoms with Crippen LogP contribution in [0.5, 0.6) is 5.75 Å². The number of carbonyl (C=O) groups is 1. The first-order valence-electron chi connectivity index (χ1n) is 11.3. The van der Waals surface area contributed by atoms with Crippen molar-refractivity contribution in [2.24, 2.45) is 7.05 Å². The third kappa shape index (κ3) is 4.89. The lowest BCUT2D eigenvalue weighted by atomic mass is 10.1. The number of aryl methyl sites for hydroxylation is 1. The monoisotopic (exact) mass is 539 g/mol. The summed E-state index contributed by atoms with van der Waals surface area (Å²) < 4.78 is 9.83. The number of aromatic nitrogens is 4. The molecule has 0 saturated heterocycles. The number of ether oxygens (including phenoxy) is 1. The highest BCUT2D eigenvalue weighted by molar-refractivity contribution is 7.99. The lowest BCUT2D eigenvalue weighted by Gasteiger charge is -2.08. The second kappa shape index (κ2) is 10.4. The molecule has 10 heteroatoms. The number of fused-ring (bicyclic) bond motifs is 3. The number of para-hydroxylation sites is 1. The van der Waals surface area contributed by atoms with Crippen molar-refractivity contribution in [1.82, 2.24) is 19.3 Å². The van der Waals surface area contributed by atoms with E-state index in [-0.39, 0.29) is 18.3 Å². The molecule has 5 aromatic rings. The van der Waals surface area contributed by atoms with E-state index in [9.17, 15) is 4.79 Å². The molecule has 0 spiro atoms. The normalized spacial score (nSPS) is 11.3. The first kappa shape index (κ1) is 24.5. The largest absolute Gasteiger partial charge is 0.484 e. The third-order valence-corrected chi connectivity index (χ3v) is 7.43. The second-order valence-corrected chi connectivity index (χ2v) is 9.94. The minimum atomic E-state index is -0.118. The minimum Gasteiger partial charge on any atom is -0.484 e. The number of benzene rings is 3. The molecule has 0 unspecified atom stereocenters. The van der Waals surface area contributed by atoms with E-state index >= 15 is 0 Å². The van der Waals surface area contributed by atoms with Crippen LogP contribution >= 0.6 is 35.0 Å². The molecular weight excluding hydrogens is 517 g/mol. The van der Waals surface area contributed by atoms with Gasteiger partial charge in [-0.15, -0.1) is 10.2 Å². The van der Waals surface area contributed by atoms with Gasteiger partial charge < -0.3 is 19.2 Å². The van der Waals surface area contributed by atoms with Gasteiger partial charge in [-0.05, 0) is 49.4 Å². The summed E-state index contributed by atoms with van der Waals surface area (Å²) in [7, 11) is 1.83. The Labute approximate surface area is 222 Å². The van der Waals surface area contributed by atoms with Crippen molar-refractivity contribution in [3.8, 4) is 5.75 Å². The Morgan fingerprint density at radius 2 is 1.83 bits per heavy atom. The zero-order chi connectivity index (χ0) is 25.2. The maximum absolute atomic E-state index is 12.7. The summed E-state index contributed by atoms with van der Waals surface area (Å²) in [5.74, 6) is 1.20. The Morgan fingerprint density at radius 3 is 2.64 bits per heavy atom. The third-order valence-electron chi connectivity index (χ3n) is 5.88. The van der Waals surface area contributed by atoms with Crippen LogP contribution in [0.1, 0.15) is 12.7 Å². The fourth-order valence-corrected chi connectivity index (χ4v) is 5.32. The zero-order valence-corrected chi connectivity index (χ0v) is 22.0. The minimum absolute atomic E-state index is 0.118. The van der Waals surface area contributed by atoms with Crippen molar-refractivity contribution >= 4 is 68.4 Å². The smallest absolute Gasteiger partial charge is 0.234 e. The maximum Gasteiger partial charge on any atom is 0.234 e. The Balaban J connectivity index is 1.23. The second-order valence-electron chi connectivity index (χ2n) is 8.15. The molecule has 0 atom stereocenters. The molecule has 0 aliphatic rings. The zero-order valence-electron chi connectivity index (χ0n) is 19.7. The highest BCUT2D eigenvalue weighted by Crippen LogP contribution is 2.31. The lowest BCUT2D eigenvalue weighted by Crippen LogP contribution is -2.14. The molecule has 2 aromatic heterocycles. The lowest BCUT2D eigenvalue weighted by molar-refractivity contribution is -0.113. The van der Waals surface area contributed by atoms with Gasteiger partial charge in [0.1, 0.15) is 12.4 Å². The predicted molar refractivity (Wildman–Crippen MR) is 146 cm³/mol. The van der Waals surface area contributed by atoms with Crippen LogP contribution in [0.2, 0.25) is 10.0 Å². The van der Waals surface area contributed by atoms with Crippen LogP contribution in [0, 0.1) is 0 Å². The molecule has 0 bridgehead atoms. The van der Waals surface area contributed by atoms with Gasteiger partial charge in [0.25, 0.3) is 0 Å². The van der Waals surface area contributed by atoms with Crippen molar-refractivity contribution in [3.05, 3.63) is 76.5 Å². The van der Waals surface area contributed by atoms with Crippen LogP contribution < -0.4 is 10.1 Å². The van der Waals surface area contributed by atoms with Gasteiger partial charge in [0.15, 0.2) is 11.0 Å². The molecular formula is C26H23Cl2N5O2S. The van der Waals surface area contributed by atoms with Gasteiger partial charge in [0, 0.05) is 46.1 Å². The van der Waals surface area contributed by atoms with Gasteiger partial charge >= 0.3 is 0 Å². The molecule has 0 radical (unpaired) electrons. The van der Waals surface area contributed by atoms with E-state index in [0.717, 1.165) is 23.1 Å². The van der Waals surface area contributed by atoms with Gasteiger partial charge in [-0.1, -0.05) is 53.2 Å². The van der Waals surface area contributed by atoms with Gasteiger partial charge in [0.2, 0.25) is 5.91 Å². The maximum atomic E-state index is 12.7. The van der Waals surface area contributed by atoms with E-state index in [4.69, 9.17) is 27.9 Å². The number of nitrogens with one attached hydrogen (secondary N) is 1. The van der Waals surface area contributed by atoms with E-state index in [1.807, 2.05) is 31.3 Å². The SMILES string of the molecule is CCn1c2ccccc2c2cc(NC(=O)CSc3nnc(COc4ccc(Cl)cc4Cl)n3C)ccc21. The fraction of sp³-hybridized carbons (Fsp3) is 0.192. The molecule has 1 amide bonds. The molecule has 36 heavy (non-hydrogen) atoms. The van der Waals surface area contributed by atoms with Crippen LogP contribution in [0.15, 0.2) is 65.8 Å². The van der Waals surface area contributed by atoms with Crippen LogP contribution in [0.25, 0.3) is 21.8 Å². The average Bonchev–Trinajstić information content (AvgIpc) is 3.38.